The number of hydrogen-bond donors (Lipinski definition) is 4. The van der Waals surface area contributed by atoms with Crippen LogP contribution in [0.5, 0.6) is 0 Å². The highest BCUT2D eigenvalue weighted by atomic mass is 16.6. The number of nitrogens with one attached hydrogen (secondary N) is 4. The van der Waals surface area contributed by atoms with Crippen molar-refractivity contribution in [1.29, 1.82) is 0 Å². The Morgan fingerprint density at radius 1 is 0.633 bits per heavy atom. The smallest absolute Gasteiger partial charge is 0.408 e. The van der Waals surface area contributed by atoms with Gasteiger partial charge in [-0.05, 0) is 50.7 Å². The first-order chi connectivity index (χ1) is 23.0. The van der Waals surface area contributed by atoms with Gasteiger partial charge in [-0.3, -0.25) is 14.4 Å². The minimum atomic E-state index is -1.11. The summed E-state index contributed by atoms with van der Waals surface area (Å²) in [6, 6.07) is 14.2. The highest BCUT2D eigenvalue weighted by Gasteiger charge is 2.37. The number of rotatable bonds is 17. The quantitative estimate of drug-likeness (QED) is 0.135. The lowest BCUT2D eigenvalue weighted by atomic mass is 9.85. The lowest BCUT2D eigenvalue weighted by molar-refractivity contribution is -0.148. The second-order valence-electron chi connectivity index (χ2n) is 14.3. The molecule has 11 nitrogen and oxygen atoms in total. The van der Waals surface area contributed by atoms with E-state index in [1.807, 2.05) is 67.6 Å². The third kappa shape index (κ3) is 15.1. The van der Waals surface area contributed by atoms with Crippen LogP contribution in [-0.4, -0.2) is 66.2 Å². The molecule has 2 rings (SSSR count). The third-order valence-corrected chi connectivity index (χ3v) is 7.60. The molecule has 0 unspecified atom stereocenters. The van der Waals surface area contributed by atoms with E-state index in [4.69, 9.17) is 9.47 Å². The predicted molar refractivity (Wildman–Crippen MR) is 189 cm³/mol. The van der Waals surface area contributed by atoms with E-state index < -0.39 is 65.0 Å². The summed E-state index contributed by atoms with van der Waals surface area (Å²) >= 11 is 0. The van der Waals surface area contributed by atoms with Crippen LogP contribution in [0.1, 0.15) is 92.2 Å². The molecule has 0 radical (unpaired) electrons. The van der Waals surface area contributed by atoms with Crippen LogP contribution in [0, 0.1) is 5.41 Å². The van der Waals surface area contributed by atoms with Gasteiger partial charge in [-0.15, -0.1) is 0 Å². The molecule has 0 saturated carbocycles. The average molecular weight is 681 g/mol. The van der Waals surface area contributed by atoms with Crippen molar-refractivity contribution in [1.82, 2.24) is 21.3 Å². The Morgan fingerprint density at radius 3 is 1.59 bits per heavy atom. The maximum atomic E-state index is 14.1. The SMILES string of the molecule is CCCCC[C@@H](NC(=O)[C@H](NC(=O)[C@@H](Cc1ccccc1)NC(=O)[C@@H](Cc1ccccc1)NC(=O)OC(C)(C)C)C(C)(C)C)C(=O)OCC. The second-order valence-corrected chi connectivity index (χ2v) is 14.3. The first kappa shape index (κ1) is 40.8. The molecular weight excluding hydrogens is 624 g/mol. The van der Waals surface area contributed by atoms with Crippen LogP contribution in [0.3, 0.4) is 0 Å². The minimum absolute atomic E-state index is 0.115. The van der Waals surface area contributed by atoms with E-state index in [-0.39, 0.29) is 19.4 Å². The zero-order chi connectivity index (χ0) is 36.6. The number of alkyl carbamates (subject to hydrolysis) is 1. The Hall–Kier alpha value is -4.41. The molecule has 11 heteroatoms. The molecule has 0 aliphatic carbocycles. The molecule has 0 aromatic heterocycles. The van der Waals surface area contributed by atoms with Gasteiger partial charge in [0.15, 0.2) is 0 Å². The molecular formula is C38H56N4O7. The Bertz CT molecular complexity index is 1350. The highest BCUT2D eigenvalue weighted by molar-refractivity contribution is 5.95. The van der Waals surface area contributed by atoms with Crippen LogP contribution >= 0.6 is 0 Å². The van der Waals surface area contributed by atoms with Gasteiger partial charge >= 0.3 is 12.1 Å². The summed E-state index contributed by atoms with van der Waals surface area (Å²) in [6.07, 6.45) is 2.45. The number of benzene rings is 2. The summed E-state index contributed by atoms with van der Waals surface area (Å²) < 4.78 is 10.7. The van der Waals surface area contributed by atoms with Gasteiger partial charge in [-0.1, -0.05) is 108 Å². The fraction of sp³-hybridized carbons (Fsp3) is 0.553. The molecule has 4 amide bonds. The van der Waals surface area contributed by atoms with Gasteiger partial charge < -0.3 is 30.7 Å². The van der Waals surface area contributed by atoms with Gasteiger partial charge in [-0.25, -0.2) is 9.59 Å². The zero-order valence-electron chi connectivity index (χ0n) is 30.4. The molecule has 0 aliphatic rings. The largest absolute Gasteiger partial charge is 0.464 e. The van der Waals surface area contributed by atoms with Crippen molar-refractivity contribution < 1.29 is 33.4 Å². The predicted octanol–water partition coefficient (Wildman–Crippen LogP) is 5.01. The van der Waals surface area contributed by atoms with Crippen LogP contribution < -0.4 is 21.3 Å². The van der Waals surface area contributed by atoms with Gasteiger partial charge in [0, 0.05) is 12.8 Å². The van der Waals surface area contributed by atoms with Crippen LogP contribution in [0.2, 0.25) is 0 Å². The monoisotopic (exact) mass is 680 g/mol. The Labute approximate surface area is 291 Å². The van der Waals surface area contributed by atoms with Crippen molar-refractivity contribution in [2.45, 2.75) is 124 Å². The molecule has 4 N–H and O–H groups in total. The fourth-order valence-corrected chi connectivity index (χ4v) is 5.10. The van der Waals surface area contributed by atoms with Gasteiger partial charge in [0.1, 0.15) is 29.8 Å². The van der Waals surface area contributed by atoms with E-state index in [0.717, 1.165) is 30.4 Å². The van der Waals surface area contributed by atoms with E-state index in [2.05, 4.69) is 21.3 Å². The third-order valence-electron chi connectivity index (χ3n) is 7.60. The van der Waals surface area contributed by atoms with E-state index in [1.54, 1.807) is 48.5 Å². The summed E-state index contributed by atoms with van der Waals surface area (Å²) in [5.74, 6) is -2.25. The molecule has 0 fully saturated rings. The molecule has 0 saturated heterocycles. The number of carbonyl (C=O) groups is 5. The maximum Gasteiger partial charge on any atom is 0.408 e. The van der Waals surface area contributed by atoms with Gasteiger partial charge in [0.05, 0.1) is 6.61 Å². The van der Waals surface area contributed by atoms with Gasteiger partial charge in [0.2, 0.25) is 17.7 Å². The van der Waals surface area contributed by atoms with Crippen LogP contribution in [0.15, 0.2) is 60.7 Å². The molecule has 270 valence electrons. The summed E-state index contributed by atoms with van der Waals surface area (Å²) in [5.41, 5.74) is 0.0102. The molecule has 0 spiro atoms. The second kappa shape index (κ2) is 19.6. The molecule has 0 heterocycles. The van der Waals surface area contributed by atoms with Crippen LogP contribution in [-0.2, 0) is 41.5 Å². The van der Waals surface area contributed by atoms with Gasteiger partial charge in [-0.2, -0.15) is 0 Å². The number of carbonyl (C=O) groups excluding carboxylic acids is 5. The lowest BCUT2D eigenvalue weighted by Crippen LogP contribution is -2.61. The number of ether oxygens (including phenoxy) is 2. The molecule has 4 atom stereocenters. The highest BCUT2D eigenvalue weighted by Crippen LogP contribution is 2.21. The van der Waals surface area contributed by atoms with Gasteiger partial charge in [0.25, 0.3) is 0 Å². The first-order valence-corrected chi connectivity index (χ1v) is 17.2. The zero-order valence-corrected chi connectivity index (χ0v) is 30.4. The fourth-order valence-electron chi connectivity index (χ4n) is 5.10. The van der Waals surface area contributed by atoms with Crippen LogP contribution in [0.4, 0.5) is 4.79 Å². The minimum Gasteiger partial charge on any atom is -0.464 e. The Kier molecular flexibility index (Phi) is 16.3. The van der Waals surface area contributed by atoms with Crippen molar-refractivity contribution in [3.63, 3.8) is 0 Å². The average Bonchev–Trinajstić information content (AvgIpc) is 3.02. The number of amides is 4. The van der Waals surface area contributed by atoms with Crippen molar-refractivity contribution in [3.05, 3.63) is 71.8 Å². The molecule has 2 aromatic rings. The van der Waals surface area contributed by atoms with E-state index in [9.17, 15) is 24.0 Å². The molecule has 0 bridgehead atoms. The first-order valence-electron chi connectivity index (χ1n) is 17.2. The Morgan fingerprint density at radius 2 is 1.12 bits per heavy atom. The normalized spacial score (nSPS) is 14.0. The van der Waals surface area contributed by atoms with Crippen molar-refractivity contribution in [2.24, 2.45) is 5.41 Å². The van der Waals surface area contributed by atoms with Crippen molar-refractivity contribution >= 4 is 29.8 Å². The van der Waals surface area contributed by atoms with E-state index in [0.29, 0.717) is 6.42 Å². The summed E-state index contributed by atoms with van der Waals surface area (Å²) in [6.45, 7) is 14.5. The Balaban J connectivity index is 2.38. The maximum absolute atomic E-state index is 14.1. The topological polar surface area (TPSA) is 152 Å². The standard InChI is InChI=1S/C38H56N4O7/c1-9-11-14-23-28(35(46)48-10-2)39-34(45)31(37(3,4)5)42-33(44)29(24-26-19-15-12-16-20-26)40-32(43)30(25-27-21-17-13-18-22-27)41-36(47)49-38(6,7)8/h12-13,15-22,28-31H,9-11,14,23-25H2,1-8H3,(H,39,45)(H,40,43)(H,41,47)(H,42,44)/t28-,29-,30-,31+/m1/s1. The lowest BCUT2D eigenvalue weighted by Gasteiger charge is -2.33. The van der Waals surface area contributed by atoms with E-state index in [1.165, 1.54) is 0 Å². The van der Waals surface area contributed by atoms with E-state index >= 15 is 0 Å². The van der Waals surface area contributed by atoms with Crippen molar-refractivity contribution in [2.75, 3.05) is 6.61 Å². The van der Waals surface area contributed by atoms with Crippen LogP contribution in [0.25, 0.3) is 0 Å². The van der Waals surface area contributed by atoms with Crippen molar-refractivity contribution in [3.8, 4) is 0 Å². The number of hydrogen-bond acceptors (Lipinski definition) is 7. The molecule has 0 aliphatic heterocycles. The molecule has 2 aromatic carbocycles. The summed E-state index contributed by atoms with van der Waals surface area (Å²) in [5, 5.41) is 11.2. The summed E-state index contributed by atoms with van der Waals surface area (Å²) in [7, 11) is 0. The molecule has 49 heavy (non-hydrogen) atoms. The number of esters is 1. The summed E-state index contributed by atoms with van der Waals surface area (Å²) in [4.78, 5) is 67.2. The number of unbranched alkanes of at least 4 members (excludes halogenated alkanes) is 2.